The van der Waals surface area contributed by atoms with Crippen molar-refractivity contribution in [2.24, 2.45) is 0 Å². The maximum absolute atomic E-state index is 6.07. The van der Waals surface area contributed by atoms with E-state index in [-0.39, 0.29) is 0 Å². The molecule has 28 heavy (non-hydrogen) atoms. The smallest absolute Gasteiger partial charge is 0.138 e. The molecule has 0 unspecified atom stereocenters. The number of aromatic nitrogens is 2. The third kappa shape index (κ3) is 3.77. The number of H-pyrrole nitrogens is 1. The average Bonchev–Trinajstić information content (AvgIpc) is 3.14. The number of nitrogens with one attached hydrogen (secondary N) is 1. The maximum Gasteiger partial charge on any atom is 0.138 e. The van der Waals surface area contributed by atoms with Crippen LogP contribution in [-0.4, -0.2) is 24.1 Å². The summed E-state index contributed by atoms with van der Waals surface area (Å²) in [5.74, 6) is 0.820. The molecule has 1 heterocycles. The van der Waals surface area contributed by atoms with E-state index in [1.54, 1.807) is 0 Å². The van der Waals surface area contributed by atoms with E-state index in [2.05, 4.69) is 34.1 Å². The lowest BCUT2D eigenvalue weighted by Gasteiger charge is -2.12. The molecule has 0 radical (unpaired) electrons. The van der Waals surface area contributed by atoms with Gasteiger partial charge in [0.15, 0.2) is 0 Å². The third-order valence-corrected chi connectivity index (χ3v) is 5.12. The number of hydrogen-bond acceptors (Lipinski definition) is 2. The van der Waals surface area contributed by atoms with Crippen molar-refractivity contribution in [2.75, 3.05) is 19.0 Å². The Balaban J connectivity index is 1.83. The molecule has 1 N–H and O–H groups in total. The van der Waals surface area contributed by atoms with Gasteiger partial charge in [0.2, 0.25) is 0 Å². The minimum absolute atomic E-state index is 0.701. The van der Waals surface area contributed by atoms with Gasteiger partial charge in [0, 0.05) is 46.5 Å². The molecular weight excluding hydrogens is 389 g/mol. The molecule has 4 rings (SSSR count). The quantitative estimate of drug-likeness (QED) is 0.404. The van der Waals surface area contributed by atoms with Crippen molar-refractivity contribution >= 4 is 28.9 Å². The second kappa shape index (κ2) is 7.70. The fourth-order valence-corrected chi connectivity index (χ4v) is 3.32. The minimum Gasteiger partial charge on any atom is -0.378 e. The predicted molar refractivity (Wildman–Crippen MR) is 119 cm³/mol. The van der Waals surface area contributed by atoms with Gasteiger partial charge < -0.3 is 9.88 Å². The van der Waals surface area contributed by atoms with Crippen LogP contribution in [0.5, 0.6) is 0 Å². The van der Waals surface area contributed by atoms with Crippen LogP contribution in [-0.2, 0) is 0 Å². The highest BCUT2D eigenvalue weighted by Crippen LogP contribution is 2.34. The molecule has 1 aromatic heterocycles. The van der Waals surface area contributed by atoms with Crippen LogP contribution in [0.25, 0.3) is 33.9 Å². The highest BCUT2D eigenvalue weighted by atomic mass is 35.5. The number of benzene rings is 3. The molecular formula is C23H19Cl2N3. The van der Waals surface area contributed by atoms with Gasteiger partial charge in [-0.15, -0.1) is 0 Å². The molecule has 0 aliphatic heterocycles. The summed E-state index contributed by atoms with van der Waals surface area (Å²) in [4.78, 5) is 10.5. The fraction of sp³-hybridized carbons (Fsp3) is 0.0870. The summed E-state index contributed by atoms with van der Waals surface area (Å²) in [6, 6.07) is 23.8. The molecule has 4 aromatic rings. The zero-order chi connectivity index (χ0) is 19.7. The summed E-state index contributed by atoms with van der Waals surface area (Å²) in [6.07, 6.45) is 0. The summed E-state index contributed by atoms with van der Waals surface area (Å²) in [7, 11) is 4.05. The first kappa shape index (κ1) is 18.6. The van der Waals surface area contributed by atoms with Crippen LogP contribution < -0.4 is 4.90 Å². The molecule has 0 saturated carbocycles. The molecule has 0 spiro atoms. The van der Waals surface area contributed by atoms with Gasteiger partial charge in [0.05, 0.1) is 11.4 Å². The van der Waals surface area contributed by atoms with E-state index >= 15 is 0 Å². The molecule has 140 valence electrons. The van der Waals surface area contributed by atoms with Crippen LogP contribution in [0.15, 0.2) is 72.8 Å². The summed E-state index contributed by atoms with van der Waals surface area (Å²) in [5.41, 5.74) is 6.03. The van der Waals surface area contributed by atoms with Gasteiger partial charge in [-0.1, -0.05) is 47.5 Å². The lowest BCUT2D eigenvalue weighted by molar-refractivity contribution is 1.13. The van der Waals surface area contributed by atoms with E-state index in [4.69, 9.17) is 28.2 Å². The number of hydrogen-bond donors (Lipinski definition) is 1. The number of nitrogens with zero attached hydrogens (tertiary/aromatic N) is 2. The van der Waals surface area contributed by atoms with Crippen LogP contribution in [0.4, 0.5) is 5.69 Å². The van der Waals surface area contributed by atoms with E-state index in [1.165, 1.54) is 0 Å². The molecule has 5 heteroatoms. The van der Waals surface area contributed by atoms with Crippen LogP contribution in [0.1, 0.15) is 0 Å². The van der Waals surface area contributed by atoms with Crippen LogP contribution in [0.2, 0.25) is 10.0 Å². The van der Waals surface area contributed by atoms with E-state index in [1.807, 2.05) is 62.6 Å². The molecule has 0 bridgehead atoms. The van der Waals surface area contributed by atoms with E-state index in [9.17, 15) is 0 Å². The molecule has 0 aliphatic rings. The number of halogens is 2. The molecule has 0 amide bonds. The standard InChI is InChI=1S/C23H19Cl2N3/c1-28(2)20-13-7-17(8-14-20)23-26-21(15-3-9-18(24)10-4-15)22(27-23)16-5-11-19(25)12-6-16/h3-14H,1-2H3,(H,26,27). The second-order valence-electron chi connectivity index (χ2n) is 6.76. The van der Waals surface area contributed by atoms with Crippen molar-refractivity contribution in [1.82, 2.24) is 9.97 Å². The van der Waals surface area contributed by atoms with Crippen molar-refractivity contribution < 1.29 is 0 Å². The Bertz CT molecular complexity index is 1020. The van der Waals surface area contributed by atoms with Crippen molar-refractivity contribution in [1.29, 1.82) is 0 Å². The van der Waals surface area contributed by atoms with Gasteiger partial charge >= 0.3 is 0 Å². The molecule has 3 aromatic carbocycles. The molecule has 0 saturated heterocycles. The van der Waals surface area contributed by atoms with E-state index in [0.29, 0.717) is 10.0 Å². The topological polar surface area (TPSA) is 31.9 Å². The second-order valence-corrected chi connectivity index (χ2v) is 7.64. The summed E-state index contributed by atoms with van der Waals surface area (Å²) < 4.78 is 0. The summed E-state index contributed by atoms with van der Waals surface area (Å²) in [6.45, 7) is 0. The minimum atomic E-state index is 0.701. The first-order chi connectivity index (χ1) is 13.5. The van der Waals surface area contributed by atoms with Crippen LogP contribution in [0.3, 0.4) is 0 Å². The third-order valence-electron chi connectivity index (χ3n) is 4.61. The van der Waals surface area contributed by atoms with Crippen molar-refractivity contribution in [3.63, 3.8) is 0 Å². The predicted octanol–water partition coefficient (Wildman–Crippen LogP) is 6.78. The zero-order valence-electron chi connectivity index (χ0n) is 15.6. The largest absolute Gasteiger partial charge is 0.378 e. The van der Waals surface area contributed by atoms with Crippen molar-refractivity contribution in [3.8, 4) is 33.9 Å². The highest BCUT2D eigenvalue weighted by molar-refractivity contribution is 6.31. The molecule has 0 atom stereocenters. The van der Waals surface area contributed by atoms with Crippen LogP contribution in [0, 0.1) is 0 Å². The first-order valence-electron chi connectivity index (χ1n) is 8.91. The Morgan fingerprint density at radius 3 is 1.71 bits per heavy atom. The summed E-state index contributed by atoms with van der Waals surface area (Å²) >= 11 is 12.1. The normalized spacial score (nSPS) is 10.9. The molecule has 0 aliphatic carbocycles. The lowest BCUT2D eigenvalue weighted by Crippen LogP contribution is -2.07. The number of imidazole rings is 1. The zero-order valence-corrected chi connectivity index (χ0v) is 17.1. The SMILES string of the molecule is CN(C)c1ccc(-c2nc(-c3ccc(Cl)cc3)c(-c3ccc(Cl)cc3)[nH]2)cc1. The maximum atomic E-state index is 6.07. The Hall–Kier alpha value is -2.75. The Kier molecular flexibility index (Phi) is 5.12. The number of anilines is 1. The molecule has 3 nitrogen and oxygen atoms in total. The van der Waals surface area contributed by atoms with Gasteiger partial charge in [-0.2, -0.15) is 0 Å². The Morgan fingerprint density at radius 1 is 0.679 bits per heavy atom. The number of aromatic amines is 1. The number of rotatable bonds is 4. The van der Waals surface area contributed by atoms with Crippen molar-refractivity contribution in [2.45, 2.75) is 0 Å². The van der Waals surface area contributed by atoms with Gasteiger partial charge in [-0.05, 0) is 48.5 Å². The van der Waals surface area contributed by atoms with Gasteiger partial charge in [-0.25, -0.2) is 4.98 Å². The van der Waals surface area contributed by atoms with Gasteiger partial charge in [-0.3, -0.25) is 0 Å². The first-order valence-corrected chi connectivity index (χ1v) is 9.66. The lowest BCUT2D eigenvalue weighted by atomic mass is 10.1. The fourth-order valence-electron chi connectivity index (χ4n) is 3.07. The summed E-state index contributed by atoms with van der Waals surface area (Å²) in [5, 5.41) is 1.41. The van der Waals surface area contributed by atoms with Crippen molar-refractivity contribution in [3.05, 3.63) is 82.8 Å². The molecule has 0 fully saturated rings. The van der Waals surface area contributed by atoms with Gasteiger partial charge in [0.1, 0.15) is 5.82 Å². The monoisotopic (exact) mass is 407 g/mol. The Labute approximate surface area is 174 Å². The van der Waals surface area contributed by atoms with Gasteiger partial charge in [0.25, 0.3) is 0 Å². The van der Waals surface area contributed by atoms with E-state index in [0.717, 1.165) is 39.6 Å². The average molecular weight is 408 g/mol. The van der Waals surface area contributed by atoms with Crippen LogP contribution >= 0.6 is 23.2 Å². The highest BCUT2D eigenvalue weighted by Gasteiger charge is 2.15. The Morgan fingerprint density at radius 2 is 1.18 bits per heavy atom. The van der Waals surface area contributed by atoms with E-state index < -0.39 is 0 Å².